The average molecular weight is 347 g/mol. The summed E-state index contributed by atoms with van der Waals surface area (Å²) in [5.74, 6) is -0.257. The number of rotatable bonds is 9. The number of Topliss-reactive ketones (excluding diaryl/α,β-unsaturated/α-hetero) is 2. The van der Waals surface area contributed by atoms with Crippen LogP contribution < -0.4 is 0 Å². The van der Waals surface area contributed by atoms with Crippen molar-refractivity contribution in [3.63, 3.8) is 0 Å². The van der Waals surface area contributed by atoms with Gasteiger partial charge >= 0.3 is 0 Å². The normalized spacial score (nSPS) is 16.2. The Hall–Kier alpha value is -2.48. The van der Waals surface area contributed by atoms with Gasteiger partial charge in [-0.05, 0) is 6.42 Å². The van der Waals surface area contributed by atoms with Crippen LogP contribution in [0.5, 0.6) is 0 Å². The van der Waals surface area contributed by atoms with E-state index in [9.17, 15) is 19.2 Å². The van der Waals surface area contributed by atoms with Crippen LogP contribution in [0.15, 0.2) is 11.3 Å². The molecule has 8 nitrogen and oxygen atoms in total. The lowest BCUT2D eigenvalue weighted by Crippen LogP contribution is -2.24. The van der Waals surface area contributed by atoms with E-state index in [1.807, 2.05) is 0 Å². The predicted molar refractivity (Wildman–Crippen MR) is 89.1 cm³/mol. The van der Waals surface area contributed by atoms with Crippen molar-refractivity contribution in [2.45, 2.75) is 52.4 Å². The van der Waals surface area contributed by atoms with Crippen LogP contribution >= 0.6 is 0 Å². The molecule has 134 valence electrons. The van der Waals surface area contributed by atoms with Gasteiger partial charge in [0.2, 0.25) is 0 Å². The summed E-state index contributed by atoms with van der Waals surface area (Å²) in [4.78, 5) is 54.9. The van der Waals surface area contributed by atoms with Gasteiger partial charge in [-0.2, -0.15) is 0 Å². The molecular weight excluding hydrogens is 326 g/mol. The lowest BCUT2D eigenvalue weighted by molar-refractivity contribution is -0.136. The van der Waals surface area contributed by atoms with E-state index >= 15 is 0 Å². The Bertz CT molecular complexity index is 720. The lowest BCUT2D eigenvalue weighted by atomic mass is 9.98. The molecular formula is C17H21N3O5. The van der Waals surface area contributed by atoms with Crippen molar-refractivity contribution in [3.05, 3.63) is 12.0 Å². The monoisotopic (exact) mass is 347 g/mol. The minimum Gasteiger partial charge on any atom is -0.340 e. The molecule has 2 heterocycles. The highest BCUT2D eigenvalue weighted by molar-refractivity contribution is 6.18. The summed E-state index contributed by atoms with van der Waals surface area (Å²) in [5, 5.41) is 0. The highest BCUT2D eigenvalue weighted by atomic mass is 16.5. The number of carbonyl (C=O) groups is 4. The van der Waals surface area contributed by atoms with Crippen LogP contribution in [0, 0.1) is 5.92 Å². The number of fused-ring (bicyclic) bond motifs is 1. The number of aliphatic imine (C=N–C) groups is 1. The Morgan fingerprint density at radius 2 is 2.08 bits per heavy atom. The first-order valence-corrected chi connectivity index (χ1v) is 8.16. The topological polar surface area (TPSA) is 108 Å². The van der Waals surface area contributed by atoms with Gasteiger partial charge in [-0.3, -0.25) is 19.0 Å². The third-order valence-corrected chi connectivity index (χ3v) is 3.94. The van der Waals surface area contributed by atoms with Crippen LogP contribution in [-0.4, -0.2) is 45.5 Å². The smallest absolute Gasteiger partial charge is 0.193 e. The zero-order chi connectivity index (χ0) is 18.6. The summed E-state index contributed by atoms with van der Waals surface area (Å²) in [7, 11) is 0. The van der Waals surface area contributed by atoms with E-state index in [0.29, 0.717) is 24.7 Å². The minimum atomic E-state index is -1.12. The fourth-order valence-electron chi connectivity index (χ4n) is 2.38. The first-order chi connectivity index (χ1) is 11.9. The lowest BCUT2D eigenvalue weighted by Gasteiger charge is -2.20. The second-order valence-corrected chi connectivity index (χ2v) is 6.15. The van der Waals surface area contributed by atoms with Crippen LogP contribution in [0.25, 0.3) is 0 Å². The molecule has 0 spiro atoms. The van der Waals surface area contributed by atoms with Gasteiger partial charge in [-0.15, -0.1) is 0 Å². The molecule has 1 aliphatic heterocycles. The van der Waals surface area contributed by atoms with Crippen molar-refractivity contribution in [2.24, 2.45) is 10.9 Å². The van der Waals surface area contributed by atoms with E-state index in [2.05, 4.69) is 9.98 Å². The van der Waals surface area contributed by atoms with Crippen LogP contribution in [0.3, 0.4) is 0 Å². The first-order valence-electron chi connectivity index (χ1n) is 8.16. The van der Waals surface area contributed by atoms with E-state index in [0.717, 1.165) is 0 Å². The van der Waals surface area contributed by atoms with E-state index in [1.165, 1.54) is 10.9 Å². The molecule has 0 radical (unpaired) electrons. The predicted octanol–water partition coefficient (Wildman–Crippen LogP) is 1.85. The van der Waals surface area contributed by atoms with E-state index < -0.39 is 12.3 Å². The molecule has 25 heavy (non-hydrogen) atoms. The molecule has 1 aliphatic rings. The molecule has 0 bridgehead atoms. The van der Waals surface area contributed by atoms with Gasteiger partial charge in [0.15, 0.2) is 29.8 Å². The van der Waals surface area contributed by atoms with Crippen LogP contribution in [0.1, 0.15) is 56.8 Å². The SMILES string of the molecule is CC[C@H](C=O)O[C@H](C=O)n1cnc2c1N=C(CC(=O)C(C)C)CC2=O. The summed E-state index contributed by atoms with van der Waals surface area (Å²) in [6, 6.07) is 0. The molecule has 2 atom stereocenters. The second kappa shape index (κ2) is 8.06. The van der Waals surface area contributed by atoms with Crippen LogP contribution in [0.4, 0.5) is 5.82 Å². The van der Waals surface area contributed by atoms with E-state index in [-0.39, 0.29) is 41.8 Å². The van der Waals surface area contributed by atoms with E-state index in [1.54, 1.807) is 20.8 Å². The number of hydrogen-bond donors (Lipinski definition) is 0. The number of hydrogen-bond acceptors (Lipinski definition) is 7. The molecule has 0 aromatic carbocycles. The number of aromatic nitrogens is 2. The third kappa shape index (κ3) is 4.14. The number of ether oxygens (including phenoxy) is 1. The van der Waals surface area contributed by atoms with Gasteiger partial charge < -0.3 is 9.53 Å². The first kappa shape index (κ1) is 18.9. The second-order valence-electron chi connectivity index (χ2n) is 6.15. The van der Waals surface area contributed by atoms with Gasteiger partial charge in [0.1, 0.15) is 18.2 Å². The Balaban J connectivity index is 2.34. The molecule has 0 saturated carbocycles. The standard InChI is InChI=1S/C17H21N3O5/c1-4-12(7-21)25-15(8-22)20-9-18-16-14(24)6-11(19-17(16)20)5-13(23)10(2)3/h7-10,12,15H,4-6H2,1-3H3/t12-,15-/m1/s1. The van der Waals surface area contributed by atoms with Crippen molar-refractivity contribution in [2.75, 3.05) is 0 Å². The number of aldehydes is 2. The quantitative estimate of drug-likeness (QED) is 0.631. The van der Waals surface area contributed by atoms with Crippen molar-refractivity contribution < 1.29 is 23.9 Å². The van der Waals surface area contributed by atoms with E-state index in [4.69, 9.17) is 4.74 Å². The summed E-state index contributed by atoms with van der Waals surface area (Å²) in [6.45, 7) is 5.31. The molecule has 0 saturated heterocycles. The number of ketones is 2. The van der Waals surface area contributed by atoms with Crippen molar-refractivity contribution in [3.8, 4) is 0 Å². The van der Waals surface area contributed by atoms with Gasteiger partial charge in [0, 0.05) is 18.1 Å². The number of imidazole rings is 1. The maximum atomic E-state index is 12.3. The highest BCUT2D eigenvalue weighted by Crippen LogP contribution is 2.29. The van der Waals surface area contributed by atoms with Gasteiger partial charge in [-0.25, -0.2) is 9.98 Å². The van der Waals surface area contributed by atoms with Crippen molar-refractivity contribution in [1.82, 2.24) is 9.55 Å². The molecule has 0 N–H and O–H groups in total. The van der Waals surface area contributed by atoms with Crippen LogP contribution in [0.2, 0.25) is 0 Å². The molecule has 2 rings (SSSR count). The molecule has 8 heteroatoms. The minimum absolute atomic E-state index is 0.0174. The molecule has 1 aromatic rings. The molecule has 0 amide bonds. The molecule has 0 aliphatic carbocycles. The Morgan fingerprint density at radius 1 is 1.36 bits per heavy atom. The van der Waals surface area contributed by atoms with Crippen molar-refractivity contribution in [1.29, 1.82) is 0 Å². The zero-order valence-corrected chi connectivity index (χ0v) is 14.5. The summed E-state index contributed by atoms with van der Waals surface area (Å²) < 4.78 is 6.75. The van der Waals surface area contributed by atoms with Crippen molar-refractivity contribution >= 4 is 35.7 Å². The van der Waals surface area contributed by atoms with Gasteiger partial charge in [0.25, 0.3) is 0 Å². The summed E-state index contributed by atoms with van der Waals surface area (Å²) in [5.41, 5.74) is 0.570. The largest absolute Gasteiger partial charge is 0.340 e. The number of carbonyl (C=O) groups excluding carboxylic acids is 4. The summed E-state index contributed by atoms with van der Waals surface area (Å²) >= 11 is 0. The molecule has 0 fully saturated rings. The van der Waals surface area contributed by atoms with Gasteiger partial charge in [-0.1, -0.05) is 20.8 Å². The number of nitrogens with zero attached hydrogens (tertiary/aromatic N) is 3. The zero-order valence-electron chi connectivity index (χ0n) is 14.5. The maximum Gasteiger partial charge on any atom is 0.193 e. The average Bonchev–Trinajstić information content (AvgIpc) is 3.00. The fourth-order valence-corrected chi connectivity index (χ4v) is 2.38. The molecule has 1 aromatic heterocycles. The third-order valence-electron chi connectivity index (χ3n) is 3.94. The van der Waals surface area contributed by atoms with Gasteiger partial charge in [0.05, 0.1) is 12.7 Å². The Morgan fingerprint density at radius 3 is 2.64 bits per heavy atom. The highest BCUT2D eigenvalue weighted by Gasteiger charge is 2.29. The van der Waals surface area contributed by atoms with Crippen LogP contribution in [-0.2, 0) is 19.1 Å². The Labute approximate surface area is 145 Å². The summed E-state index contributed by atoms with van der Waals surface area (Å²) in [6.07, 6.45) is 1.05. The Kier molecular flexibility index (Phi) is 6.08. The fraction of sp³-hybridized carbons (Fsp3) is 0.529. The maximum absolute atomic E-state index is 12.3. The molecule has 0 unspecified atom stereocenters.